The Kier molecular flexibility index (Phi) is 3.90. The summed E-state index contributed by atoms with van der Waals surface area (Å²) in [5.41, 5.74) is 8.21. The summed E-state index contributed by atoms with van der Waals surface area (Å²) in [5, 5.41) is 3.01. The van der Waals surface area contributed by atoms with E-state index in [-0.39, 0.29) is 5.91 Å². The van der Waals surface area contributed by atoms with Crippen molar-refractivity contribution in [3.63, 3.8) is 0 Å². The van der Waals surface area contributed by atoms with E-state index in [0.717, 1.165) is 42.5 Å². The van der Waals surface area contributed by atoms with Crippen molar-refractivity contribution >= 4 is 28.8 Å². The van der Waals surface area contributed by atoms with Crippen LogP contribution in [0.15, 0.2) is 18.2 Å². The van der Waals surface area contributed by atoms with E-state index in [0.29, 0.717) is 4.99 Å². The van der Waals surface area contributed by atoms with E-state index in [1.165, 1.54) is 0 Å². The fourth-order valence-electron chi connectivity index (χ4n) is 2.68. The molecule has 3 nitrogen and oxygen atoms in total. The minimum absolute atomic E-state index is 0.0498. The zero-order valence-corrected chi connectivity index (χ0v) is 12.3. The maximum atomic E-state index is 12.6. The molecule has 0 aliphatic heterocycles. The quantitative estimate of drug-likeness (QED) is 0.834. The molecule has 1 aromatic carbocycles. The number of hydrogen-bond acceptors (Lipinski definition) is 2. The molecule has 1 amide bonds. The third-order valence-electron chi connectivity index (χ3n) is 4.00. The van der Waals surface area contributed by atoms with Gasteiger partial charge >= 0.3 is 0 Å². The normalized spacial score (nSPS) is 17.2. The first-order chi connectivity index (χ1) is 8.95. The summed E-state index contributed by atoms with van der Waals surface area (Å²) in [6.07, 6.45) is 3.55. The van der Waals surface area contributed by atoms with E-state index in [2.05, 4.69) is 5.32 Å². The van der Waals surface area contributed by atoms with Crippen LogP contribution in [0.3, 0.4) is 0 Å². The molecule has 1 aliphatic rings. The molecule has 3 N–H and O–H groups in total. The third-order valence-corrected chi connectivity index (χ3v) is 4.40. The van der Waals surface area contributed by atoms with Crippen LogP contribution in [-0.4, -0.2) is 10.9 Å². The van der Waals surface area contributed by atoms with Gasteiger partial charge in [0.25, 0.3) is 0 Å². The first-order valence-corrected chi connectivity index (χ1v) is 7.05. The second-order valence-corrected chi connectivity index (χ2v) is 5.87. The number of carbonyl (C=O) groups excluding carboxylic acids is 1. The lowest BCUT2D eigenvalue weighted by Crippen LogP contribution is -2.44. The van der Waals surface area contributed by atoms with Gasteiger partial charge in [0.1, 0.15) is 0 Å². The molecule has 1 fully saturated rings. The Morgan fingerprint density at radius 2 is 1.95 bits per heavy atom. The molecule has 0 aromatic heterocycles. The smallest absolute Gasteiger partial charge is 0.237 e. The lowest BCUT2D eigenvalue weighted by atomic mass is 9.85. The number of hydrogen-bond donors (Lipinski definition) is 2. The predicted octanol–water partition coefficient (Wildman–Crippen LogP) is 3.09. The summed E-state index contributed by atoms with van der Waals surface area (Å²) < 4.78 is 0. The van der Waals surface area contributed by atoms with Crippen molar-refractivity contribution in [1.82, 2.24) is 0 Å². The standard InChI is InChI=1S/C15H20N2OS/c1-10-5-6-11(2)12(9-10)17-14(18)15(13(16)19)7-3-4-8-15/h5-6,9H,3-4,7-8H2,1-2H3,(H2,16,19)(H,17,18). The van der Waals surface area contributed by atoms with Crippen molar-refractivity contribution in [2.75, 3.05) is 5.32 Å². The molecule has 0 radical (unpaired) electrons. The van der Waals surface area contributed by atoms with Crippen molar-refractivity contribution in [2.45, 2.75) is 39.5 Å². The molecule has 0 bridgehead atoms. The summed E-state index contributed by atoms with van der Waals surface area (Å²) in [7, 11) is 0. The van der Waals surface area contributed by atoms with Gasteiger partial charge < -0.3 is 11.1 Å². The number of rotatable bonds is 3. The van der Waals surface area contributed by atoms with E-state index in [1.54, 1.807) is 0 Å². The van der Waals surface area contributed by atoms with Gasteiger partial charge in [-0.25, -0.2) is 0 Å². The molecule has 4 heteroatoms. The van der Waals surface area contributed by atoms with Crippen LogP contribution in [-0.2, 0) is 4.79 Å². The Labute approximate surface area is 119 Å². The van der Waals surface area contributed by atoms with Gasteiger partial charge in [-0.3, -0.25) is 4.79 Å². The van der Waals surface area contributed by atoms with Gasteiger partial charge in [0.15, 0.2) is 0 Å². The van der Waals surface area contributed by atoms with Crippen molar-refractivity contribution in [1.29, 1.82) is 0 Å². The van der Waals surface area contributed by atoms with Crippen LogP contribution < -0.4 is 11.1 Å². The Hall–Kier alpha value is -1.42. The van der Waals surface area contributed by atoms with Gasteiger partial charge in [-0.2, -0.15) is 0 Å². The summed E-state index contributed by atoms with van der Waals surface area (Å²) in [6, 6.07) is 6.02. The summed E-state index contributed by atoms with van der Waals surface area (Å²) >= 11 is 5.14. The van der Waals surface area contributed by atoms with Crippen molar-refractivity contribution in [3.05, 3.63) is 29.3 Å². The van der Waals surface area contributed by atoms with Crippen LogP contribution in [0.25, 0.3) is 0 Å². The molecular weight excluding hydrogens is 256 g/mol. The first-order valence-electron chi connectivity index (χ1n) is 6.64. The Bertz CT molecular complexity index is 519. The monoisotopic (exact) mass is 276 g/mol. The number of aryl methyl sites for hydroxylation is 2. The molecule has 19 heavy (non-hydrogen) atoms. The molecule has 1 aliphatic carbocycles. The van der Waals surface area contributed by atoms with E-state index >= 15 is 0 Å². The maximum absolute atomic E-state index is 12.6. The lowest BCUT2D eigenvalue weighted by molar-refractivity contribution is -0.122. The first kappa shape index (κ1) is 14.0. The zero-order valence-electron chi connectivity index (χ0n) is 11.5. The van der Waals surface area contributed by atoms with E-state index in [1.807, 2.05) is 32.0 Å². The van der Waals surface area contributed by atoms with Crippen LogP contribution in [0.1, 0.15) is 36.8 Å². The third kappa shape index (κ3) is 2.63. The molecule has 0 saturated heterocycles. The summed E-state index contributed by atoms with van der Waals surface area (Å²) in [4.78, 5) is 12.9. The van der Waals surface area contributed by atoms with Gasteiger partial charge in [-0.15, -0.1) is 0 Å². The number of nitrogens with one attached hydrogen (secondary N) is 1. The van der Waals surface area contributed by atoms with Gasteiger partial charge in [0.2, 0.25) is 5.91 Å². The highest BCUT2D eigenvalue weighted by Gasteiger charge is 2.44. The minimum Gasteiger partial charge on any atom is -0.392 e. The predicted molar refractivity (Wildman–Crippen MR) is 82.2 cm³/mol. The summed E-state index contributed by atoms with van der Waals surface area (Å²) in [6.45, 7) is 3.99. The van der Waals surface area contributed by atoms with Crippen LogP contribution in [0.5, 0.6) is 0 Å². The van der Waals surface area contributed by atoms with E-state index in [9.17, 15) is 4.79 Å². The highest BCUT2D eigenvalue weighted by molar-refractivity contribution is 7.80. The molecule has 1 aromatic rings. The fourth-order valence-corrected chi connectivity index (χ4v) is 2.97. The van der Waals surface area contributed by atoms with Crippen LogP contribution >= 0.6 is 12.2 Å². The van der Waals surface area contributed by atoms with Gasteiger partial charge in [0.05, 0.1) is 10.4 Å². The second-order valence-electron chi connectivity index (χ2n) is 5.43. The highest BCUT2D eigenvalue weighted by atomic mass is 32.1. The SMILES string of the molecule is Cc1ccc(C)c(NC(=O)C2(C(N)=S)CCCC2)c1. The Morgan fingerprint density at radius 1 is 1.32 bits per heavy atom. The largest absolute Gasteiger partial charge is 0.392 e. The van der Waals surface area contributed by atoms with Crippen molar-refractivity contribution < 1.29 is 4.79 Å². The zero-order chi connectivity index (χ0) is 14.0. The summed E-state index contributed by atoms with van der Waals surface area (Å²) in [5.74, 6) is -0.0498. The van der Waals surface area contributed by atoms with Crippen LogP contribution in [0.4, 0.5) is 5.69 Å². The molecule has 0 atom stereocenters. The molecule has 102 valence electrons. The number of nitrogens with two attached hydrogens (primary N) is 1. The molecule has 0 spiro atoms. The van der Waals surface area contributed by atoms with E-state index < -0.39 is 5.41 Å². The van der Waals surface area contributed by atoms with Crippen LogP contribution in [0, 0.1) is 19.3 Å². The molecular formula is C15H20N2OS. The molecule has 2 rings (SSSR count). The van der Waals surface area contributed by atoms with Crippen molar-refractivity contribution in [2.24, 2.45) is 11.1 Å². The Balaban J connectivity index is 2.25. The number of benzene rings is 1. The van der Waals surface area contributed by atoms with Gasteiger partial charge in [-0.1, -0.05) is 37.2 Å². The lowest BCUT2D eigenvalue weighted by Gasteiger charge is -2.26. The molecule has 0 heterocycles. The average Bonchev–Trinajstić information content (AvgIpc) is 2.84. The topological polar surface area (TPSA) is 55.1 Å². The minimum atomic E-state index is -0.647. The van der Waals surface area contributed by atoms with E-state index in [4.69, 9.17) is 18.0 Å². The van der Waals surface area contributed by atoms with Crippen LogP contribution in [0.2, 0.25) is 0 Å². The fraction of sp³-hybridized carbons (Fsp3) is 0.467. The highest BCUT2D eigenvalue weighted by Crippen LogP contribution is 2.39. The maximum Gasteiger partial charge on any atom is 0.237 e. The second kappa shape index (κ2) is 5.29. The average molecular weight is 276 g/mol. The number of thiocarbonyl (C=S) groups is 1. The van der Waals surface area contributed by atoms with Crippen molar-refractivity contribution in [3.8, 4) is 0 Å². The molecule has 1 saturated carbocycles. The van der Waals surface area contributed by atoms with Gasteiger partial charge in [0, 0.05) is 5.69 Å². The van der Waals surface area contributed by atoms with Gasteiger partial charge in [-0.05, 0) is 43.9 Å². The number of carbonyl (C=O) groups is 1. The molecule has 0 unspecified atom stereocenters. The Morgan fingerprint density at radius 3 is 2.53 bits per heavy atom. The number of anilines is 1. The number of amides is 1.